The predicted molar refractivity (Wildman–Crippen MR) is 157 cm³/mol. The van der Waals surface area contributed by atoms with Crippen LogP contribution < -0.4 is 16.0 Å². The number of nitrogens with two attached hydrogens (primary N) is 1. The molecule has 5 rings (SSSR count). The zero-order chi connectivity index (χ0) is 26.6. The summed E-state index contributed by atoms with van der Waals surface area (Å²) in [6, 6.07) is 18.7. The Morgan fingerprint density at radius 2 is 1.89 bits per heavy atom. The molecule has 1 atom stereocenters. The quantitative estimate of drug-likeness (QED) is 0.371. The average molecular weight is 513 g/mol. The topological polar surface area (TPSA) is 80.6 Å². The van der Waals surface area contributed by atoms with Gasteiger partial charge in [0.05, 0.1) is 5.92 Å². The lowest BCUT2D eigenvalue weighted by molar-refractivity contribution is -0.119. The minimum atomic E-state index is -0.00773. The number of H-pyrrole nitrogens is 1. The number of benzene rings is 2. The molecule has 2 saturated heterocycles. The Bertz CT molecular complexity index is 1260. The van der Waals surface area contributed by atoms with Crippen molar-refractivity contribution >= 4 is 23.0 Å². The van der Waals surface area contributed by atoms with Gasteiger partial charge in [0.25, 0.3) is 0 Å². The number of amides is 1. The Morgan fingerprint density at radius 3 is 2.63 bits per heavy atom. The zero-order valence-corrected chi connectivity index (χ0v) is 22.6. The molecule has 200 valence electrons. The number of aromatic amines is 1. The molecule has 3 aromatic rings. The fourth-order valence-electron chi connectivity index (χ4n) is 5.61. The number of carbonyl (C=O) groups excluding carboxylic acids is 1. The first-order valence-corrected chi connectivity index (χ1v) is 13.7. The summed E-state index contributed by atoms with van der Waals surface area (Å²) in [5.41, 5.74) is 13.5. The van der Waals surface area contributed by atoms with Gasteiger partial charge >= 0.3 is 0 Å². The van der Waals surface area contributed by atoms with Gasteiger partial charge in [0.2, 0.25) is 5.91 Å². The summed E-state index contributed by atoms with van der Waals surface area (Å²) in [4.78, 5) is 23.5. The molecule has 2 aliphatic heterocycles. The third-order valence-corrected chi connectivity index (χ3v) is 7.87. The maximum Gasteiger partial charge on any atom is 0.228 e. The van der Waals surface area contributed by atoms with Crippen LogP contribution in [0.3, 0.4) is 0 Å². The van der Waals surface area contributed by atoms with Gasteiger partial charge in [-0.05, 0) is 72.5 Å². The number of anilines is 3. The van der Waals surface area contributed by atoms with Gasteiger partial charge in [0.1, 0.15) is 0 Å². The SMILES string of the molecule is C=C(CN1CC[C@@H](C(=O)Nc2ccc(N)c(C(C)C)c2)C1)N1CCN(c2cccc(-c3ccc[nH]3)c2)CC1. The van der Waals surface area contributed by atoms with E-state index in [9.17, 15) is 4.79 Å². The third kappa shape index (κ3) is 5.89. The second-order valence-electron chi connectivity index (χ2n) is 10.9. The highest BCUT2D eigenvalue weighted by atomic mass is 16.1. The van der Waals surface area contributed by atoms with Gasteiger partial charge in [0, 0.05) is 73.9 Å². The molecule has 2 aliphatic rings. The molecule has 7 nitrogen and oxygen atoms in total. The van der Waals surface area contributed by atoms with Crippen LogP contribution in [0.25, 0.3) is 11.3 Å². The lowest BCUT2D eigenvalue weighted by Gasteiger charge is -2.39. The van der Waals surface area contributed by atoms with Crippen molar-refractivity contribution < 1.29 is 4.79 Å². The first-order chi connectivity index (χ1) is 18.4. The van der Waals surface area contributed by atoms with E-state index in [1.54, 1.807) is 0 Å². The van der Waals surface area contributed by atoms with E-state index in [-0.39, 0.29) is 11.8 Å². The number of hydrogen-bond acceptors (Lipinski definition) is 5. The van der Waals surface area contributed by atoms with Gasteiger partial charge < -0.3 is 25.8 Å². The molecular weight excluding hydrogens is 472 g/mol. The Hall–Kier alpha value is -3.71. The molecule has 0 spiro atoms. The minimum Gasteiger partial charge on any atom is -0.398 e. The Balaban J connectivity index is 1.09. The molecule has 2 fully saturated rings. The summed E-state index contributed by atoms with van der Waals surface area (Å²) >= 11 is 0. The van der Waals surface area contributed by atoms with Gasteiger partial charge in [-0.25, -0.2) is 0 Å². The van der Waals surface area contributed by atoms with E-state index in [1.807, 2.05) is 30.5 Å². The molecule has 0 saturated carbocycles. The normalized spacial score (nSPS) is 18.2. The number of piperazine rings is 1. The van der Waals surface area contributed by atoms with E-state index in [0.717, 1.165) is 80.6 Å². The monoisotopic (exact) mass is 512 g/mol. The number of hydrogen-bond donors (Lipinski definition) is 3. The number of carbonyl (C=O) groups is 1. The van der Waals surface area contributed by atoms with Gasteiger partial charge in [-0.15, -0.1) is 0 Å². The van der Waals surface area contributed by atoms with Crippen molar-refractivity contribution in [2.45, 2.75) is 26.2 Å². The van der Waals surface area contributed by atoms with E-state index in [2.05, 4.69) is 75.8 Å². The van der Waals surface area contributed by atoms with Crippen LogP contribution in [-0.2, 0) is 4.79 Å². The molecule has 7 heteroatoms. The zero-order valence-electron chi connectivity index (χ0n) is 22.6. The van der Waals surface area contributed by atoms with Crippen molar-refractivity contribution in [3.05, 3.63) is 78.6 Å². The summed E-state index contributed by atoms with van der Waals surface area (Å²) in [5, 5.41) is 3.12. The van der Waals surface area contributed by atoms with Crippen LogP contribution in [0.5, 0.6) is 0 Å². The maximum atomic E-state index is 13.0. The van der Waals surface area contributed by atoms with Crippen LogP contribution in [0.1, 0.15) is 31.7 Å². The summed E-state index contributed by atoms with van der Waals surface area (Å²) < 4.78 is 0. The van der Waals surface area contributed by atoms with E-state index in [4.69, 9.17) is 5.73 Å². The number of nitrogens with one attached hydrogen (secondary N) is 2. The lowest BCUT2D eigenvalue weighted by atomic mass is 10.0. The van der Waals surface area contributed by atoms with Gasteiger partial charge in [-0.3, -0.25) is 9.69 Å². The largest absolute Gasteiger partial charge is 0.398 e. The van der Waals surface area contributed by atoms with Gasteiger partial charge in [-0.1, -0.05) is 32.6 Å². The van der Waals surface area contributed by atoms with Crippen LogP contribution in [-0.4, -0.2) is 66.5 Å². The standard InChI is InChI=1S/C31H40N6O/c1-22(2)28-19-26(9-10-29(28)32)34-31(38)25-11-13-35(21-25)20-23(3)36-14-16-37(17-15-36)27-7-4-6-24(18-27)30-8-5-12-33-30/h4-10,12,18-19,22,25,33H,3,11,13-17,20-21,32H2,1-2H3,(H,34,38)/t25-/m1/s1. The summed E-state index contributed by atoms with van der Waals surface area (Å²) in [7, 11) is 0. The second kappa shape index (κ2) is 11.4. The number of likely N-dealkylation sites (tertiary alicyclic amines) is 1. The number of nitrogens with zero attached hydrogens (tertiary/aromatic N) is 3. The lowest BCUT2D eigenvalue weighted by Crippen LogP contribution is -2.47. The number of nitrogen functional groups attached to an aromatic ring is 1. The third-order valence-electron chi connectivity index (χ3n) is 7.87. The van der Waals surface area contributed by atoms with Crippen LogP contribution in [0.15, 0.2) is 73.1 Å². The maximum absolute atomic E-state index is 13.0. The molecular formula is C31H40N6O. The Kier molecular flexibility index (Phi) is 7.74. The molecule has 1 aromatic heterocycles. The average Bonchev–Trinajstić information content (AvgIpc) is 3.63. The Labute approximate surface area is 226 Å². The Morgan fingerprint density at radius 1 is 1.08 bits per heavy atom. The minimum absolute atomic E-state index is 0.00773. The fraction of sp³-hybridized carbons (Fsp3) is 0.387. The van der Waals surface area contributed by atoms with Gasteiger partial charge in [0.15, 0.2) is 0 Å². The molecule has 4 N–H and O–H groups in total. The highest BCUT2D eigenvalue weighted by Gasteiger charge is 2.29. The smallest absolute Gasteiger partial charge is 0.228 e. The van der Waals surface area contributed by atoms with Crippen LogP contribution in [0, 0.1) is 5.92 Å². The first-order valence-electron chi connectivity index (χ1n) is 13.7. The molecule has 2 aromatic carbocycles. The molecule has 3 heterocycles. The van der Waals surface area contributed by atoms with Gasteiger partial charge in [-0.2, -0.15) is 0 Å². The molecule has 1 amide bonds. The fourth-order valence-corrected chi connectivity index (χ4v) is 5.61. The molecule has 0 radical (unpaired) electrons. The van der Waals surface area contributed by atoms with Crippen molar-refractivity contribution in [3.63, 3.8) is 0 Å². The number of rotatable bonds is 8. The molecule has 38 heavy (non-hydrogen) atoms. The number of aromatic nitrogens is 1. The summed E-state index contributed by atoms with van der Waals surface area (Å²) in [6.07, 6.45) is 2.83. The van der Waals surface area contributed by atoms with Crippen molar-refractivity contribution in [1.82, 2.24) is 14.8 Å². The van der Waals surface area contributed by atoms with Crippen molar-refractivity contribution in [2.75, 3.05) is 61.8 Å². The second-order valence-corrected chi connectivity index (χ2v) is 10.9. The van der Waals surface area contributed by atoms with Crippen LogP contribution >= 0.6 is 0 Å². The first kappa shape index (κ1) is 25.9. The van der Waals surface area contributed by atoms with E-state index in [0.29, 0.717) is 5.92 Å². The molecule has 0 aliphatic carbocycles. The van der Waals surface area contributed by atoms with Crippen LogP contribution in [0.2, 0.25) is 0 Å². The van der Waals surface area contributed by atoms with Crippen LogP contribution in [0.4, 0.5) is 17.1 Å². The van der Waals surface area contributed by atoms with E-state index < -0.39 is 0 Å². The molecule has 0 bridgehead atoms. The van der Waals surface area contributed by atoms with Crippen molar-refractivity contribution in [3.8, 4) is 11.3 Å². The van der Waals surface area contributed by atoms with Crippen molar-refractivity contribution in [1.29, 1.82) is 0 Å². The predicted octanol–water partition coefficient (Wildman–Crippen LogP) is 4.98. The highest BCUT2D eigenvalue weighted by molar-refractivity contribution is 5.93. The van der Waals surface area contributed by atoms with E-state index >= 15 is 0 Å². The highest BCUT2D eigenvalue weighted by Crippen LogP contribution is 2.28. The summed E-state index contributed by atoms with van der Waals surface area (Å²) in [6.45, 7) is 15.0. The summed E-state index contributed by atoms with van der Waals surface area (Å²) in [5.74, 6) is 0.399. The van der Waals surface area contributed by atoms with E-state index in [1.165, 1.54) is 11.3 Å². The van der Waals surface area contributed by atoms with Crippen molar-refractivity contribution in [2.24, 2.45) is 5.92 Å². The molecule has 0 unspecified atom stereocenters.